The van der Waals surface area contributed by atoms with Crippen molar-refractivity contribution in [3.8, 4) is 0 Å². The molecule has 0 saturated carbocycles. The van der Waals surface area contributed by atoms with Gasteiger partial charge in [-0.05, 0) is 49.3 Å². The molecule has 1 fully saturated rings. The van der Waals surface area contributed by atoms with Crippen molar-refractivity contribution in [2.45, 2.75) is 44.3 Å². The van der Waals surface area contributed by atoms with Crippen LogP contribution in [0.15, 0.2) is 32.8 Å². The van der Waals surface area contributed by atoms with Gasteiger partial charge in [0.1, 0.15) is 17.2 Å². The zero-order valence-electron chi connectivity index (χ0n) is 17.5. The minimum atomic E-state index is -0.238. The normalized spacial score (nSPS) is 18.5. The Morgan fingerprint density at radius 3 is 3.03 bits per heavy atom. The van der Waals surface area contributed by atoms with E-state index in [4.69, 9.17) is 14.1 Å². The number of rotatable bonds is 7. The zero-order valence-corrected chi connectivity index (χ0v) is 19.1. The summed E-state index contributed by atoms with van der Waals surface area (Å²) in [7, 11) is 0. The smallest absolute Gasteiger partial charge is 0.409 e. The number of carbonyl (C=O) groups is 1. The van der Waals surface area contributed by atoms with E-state index in [1.54, 1.807) is 38.8 Å². The van der Waals surface area contributed by atoms with Crippen LogP contribution in [0, 0.1) is 5.92 Å². The first-order chi connectivity index (χ1) is 15.1. The van der Waals surface area contributed by atoms with Crippen LogP contribution in [-0.2, 0) is 24.1 Å². The molecule has 1 unspecified atom stereocenters. The highest BCUT2D eigenvalue weighted by molar-refractivity contribution is 7.99. The molecule has 3 aromatic heterocycles. The molecule has 0 N–H and O–H groups in total. The molecule has 2 aliphatic rings. The number of amides is 1. The number of furan rings is 1. The number of thioether (sulfide) groups is 1. The number of aryl methyl sites for hydroxylation is 1. The molecular weight excluding hydrogens is 434 g/mol. The molecule has 1 aliphatic heterocycles. The molecule has 4 heterocycles. The fraction of sp³-hybridized carbons (Fsp3) is 0.500. The van der Waals surface area contributed by atoms with Crippen LogP contribution in [0.4, 0.5) is 4.79 Å². The second-order valence-corrected chi connectivity index (χ2v) is 10.3. The molecular formula is C22H25N3O4S2. The summed E-state index contributed by atoms with van der Waals surface area (Å²) in [6.07, 6.45) is 5.30. The Bertz CT molecular complexity index is 1150. The molecule has 0 aromatic carbocycles. The maximum absolute atomic E-state index is 13.6. The standard InChI is InChI=1S/C22H25N3O4S2/c1-14-5-6-16-17(12-14)31-19-18(16)20(26)25(13-15-4-2-9-28-15)21(23-19)30-11-3-7-24-8-10-29-22(24)27/h2,4,9,14H,3,5-8,10-13H2,1H3. The predicted molar refractivity (Wildman–Crippen MR) is 121 cm³/mol. The third-order valence-electron chi connectivity index (χ3n) is 5.92. The van der Waals surface area contributed by atoms with Crippen LogP contribution in [0.25, 0.3) is 10.2 Å². The van der Waals surface area contributed by atoms with Crippen molar-refractivity contribution in [2.75, 3.05) is 25.4 Å². The van der Waals surface area contributed by atoms with Gasteiger partial charge in [0.25, 0.3) is 5.56 Å². The van der Waals surface area contributed by atoms with Gasteiger partial charge in [-0.3, -0.25) is 9.36 Å². The van der Waals surface area contributed by atoms with Crippen LogP contribution in [0.1, 0.15) is 36.0 Å². The van der Waals surface area contributed by atoms with Gasteiger partial charge in [0.15, 0.2) is 5.16 Å². The number of fused-ring (bicyclic) bond motifs is 3. The molecule has 5 rings (SSSR count). The van der Waals surface area contributed by atoms with Gasteiger partial charge in [-0.2, -0.15) is 0 Å². The van der Waals surface area contributed by atoms with Gasteiger partial charge in [-0.25, -0.2) is 9.78 Å². The van der Waals surface area contributed by atoms with Crippen LogP contribution in [0.2, 0.25) is 0 Å². The van der Waals surface area contributed by atoms with E-state index in [1.165, 1.54) is 10.4 Å². The van der Waals surface area contributed by atoms with Crippen molar-refractivity contribution in [2.24, 2.45) is 5.92 Å². The molecule has 7 nitrogen and oxygen atoms in total. The molecule has 164 valence electrons. The lowest BCUT2D eigenvalue weighted by Gasteiger charge is -2.17. The molecule has 0 spiro atoms. The highest BCUT2D eigenvalue weighted by Crippen LogP contribution is 2.36. The van der Waals surface area contributed by atoms with Crippen molar-refractivity contribution in [1.29, 1.82) is 0 Å². The van der Waals surface area contributed by atoms with E-state index in [2.05, 4.69) is 6.92 Å². The van der Waals surface area contributed by atoms with Gasteiger partial charge in [0, 0.05) is 17.2 Å². The number of aromatic nitrogens is 2. The van der Waals surface area contributed by atoms with E-state index >= 15 is 0 Å². The summed E-state index contributed by atoms with van der Waals surface area (Å²) in [4.78, 5) is 34.0. The van der Waals surface area contributed by atoms with E-state index in [0.717, 1.165) is 47.4 Å². The van der Waals surface area contributed by atoms with Crippen molar-refractivity contribution in [3.63, 3.8) is 0 Å². The minimum absolute atomic E-state index is 0.0269. The maximum atomic E-state index is 13.6. The third kappa shape index (κ3) is 4.13. The molecule has 0 bridgehead atoms. The summed E-state index contributed by atoms with van der Waals surface area (Å²) in [6.45, 7) is 4.41. The Morgan fingerprint density at radius 2 is 2.26 bits per heavy atom. The second-order valence-electron chi connectivity index (χ2n) is 8.20. The Hall–Kier alpha value is -2.26. The lowest BCUT2D eigenvalue weighted by molar-refractivity contribution is 0.158. The van der Waals surface area contributed by atoms with E-state index in [1.807, 2.05) is 12.1 Å². The quantitative estimate of drug-likeness (QED) is 0.300. The molecule has 1 saturated heterocycles. The van der Waals surface area contributed by atoms with E-state index in [0.29, 0.717) is 37.3 Å². The van der Waals surface area contributed by atoms with E-state index in [9.17, 15) is 9.59 Å². The van der Waals surface area contributed by atoms with Crippen LogP contribution in [0.3, 0.4) is 0 Å². The lowest BCUT2D eigenvalue weighted by atomic mass is 9.89. The maximum Gasteiger partial charge on any atom is 0.409 e. The van der Waals surface area contributed by atoms with Gasteiger partial charge >= 0.3 is 6.09 Å². The second kappa shape index (κ2) is 8.70. The van der Waals surface area contributed by atoms with Gasteiger partial charge in [0.2, 0.25) is 0 Å². The number of ether oxygens (including phenoxy) is 1. The number of carbonyl (C=O) groups excluding carboxylic acids is 1. The Labute approximate surface area is 188 Å². The Balaban J connectivity index is 1.43. The molecule has 3 aromatic rings. The molecule has 0 radical (unpaired) electrons. The van der Waals surface area contributed by atoms with Gasteiger partial charge in [0.05, 0.1) is 24.7 Å². The topological polar surface area (TPSA) is 77.6 Å². The van der Waals surface area contributed by atoms with E-state index in [-0.39, 0.29) is 11.7 Å². The fourth-order valence-corrected chi connectivity index (χ4v) is 6.61. The predicted octanol–water partition coefficient (Wildman–Crippen LogP) is 4.16. The Kier molecular flexibility index (Phi) is 5.79. The average Bonchev–Trinajstić information content (AvgIpc) is 3.48. The Morgan fingerprint density at radius 1 is 1.35 bits per heavy atom. The third-order valence-corrected chi connectivity index (χ3v) is 8.13. The van der Waals surface area contributed by atoms with Gasteiger partial charge < -0.3 is 14.1 Å². The number of hydrogen-bond acceptors (Lipinski definition) is 7. The van der Waals surface area contributed by atoms with Gasteiger partial charge in [-0.1, -0.05) is 18.7 Å². The number of hydrogen-bond donors (Lipinski definition) is 0. The van der Waals surface area contributed by atoms with Crippen molar-refractivity contribution >= 4 is 39.4 Å². The molecule has 1 amide bonds. The highest BCUT2D eigenvalue weighted by Gasteiger charge is 2.25. The lowest BCUT2D eigenvalue weighted by Crippen LogP contribution is -2.26. The largest absolute Gasteiger partial charge is 0.467 e. The van der Waals surface area contributed by atoms with Crippen LogP contribution in [-0.4, -0.2) is 46.0 Å². The summed E-state index contributed by atoms with van der Waals surface area (Å²) >= 11 is 3.24. The molecule has 9 heteroatoms. The SMILES string of the molecule is CC1CCc2c(sc3nc(SCCCN4CCOC4=O)n(Cc4ccco4)c(=O)c23)C1. The average molecular weight is 460 g/mol. The highest BCUT2D eigenvalue weighted by atomic mass is 32.2. The zero-order chi connectivity index (χ0) is 21.4. The van der Waals surface area contributed by atoms with Crippen molar-refractivity contribution in [1.82, 2.24) is 14.5 Å². The first-order valence-electron chi connectivity index (χ1n) is 10.7. The van der Waals surface area contributed by atoms with Crippen LogP contribution < -0.4 is 5.56 Å². The first-order valence-corrected chi connectivity index (χ1v) is 12.5. The summed E-state index contributed by atoms with van der Waals surface area (Å²) in [5, 5.41) is 1.51. The van der Waals surface area contributed by atoms with Crippen molar-refractivity contribution < 1.29 is 13.9 Å². The molecule has 1 aliphatic carbocycles. The number of cyclic esters (lactones) is 1. The number of thiophene rings is 1. The monoisotopic (exact) mass is 459 g/mol. The van der Waals surface area contributed by atoms with Crippen LogP contribution in [0.5, 0.6) is 0 Å². The fourth-order valence-electron chi connectivity index (χ4n) is 4.26. The molecule has 31 heavy (non-hydrogen) atoms. The van der Waals surface area contributed by atoms with Crippen LogP contribution >= 0.6 is 23.1 Å². The summed E-state index contributed by atoms with van der Waals surface area (Å²) in [6, 6.07) is 3.72. The number of nitrogens with zero attached hydrogens (tertiary/aromatic N) is 3. The summed E-state index contributed by atoms with van der Waals surface area (Å²) < 4.78 is 12.3. The summed E-state index contributed by atoms with van der Waals surface area (Å²) in [5.41, 5.74) is 1.23. The summed E-state index contributed by atoms with van der Waals surface area (Å²) in [5.74, 6) is 2.15. The first kappa shape index (κ1) is 20.6. The van der Waals surface area contributed by atoms with Gasteiger partial charge in [-0.15, -0.1) is 11.3 Å². The minimum Gasteiger partial charge on any atom is -0.467 e. The van der Waals surface area contributed by atoms with Crippen molar-refractivity contribution in [3.05, 3.63) is 45.0 Å². The van der Waals surface area contributed by atoms with E-state index < -0.39 is 0 Å². The molecule has 1 atom stereocenters.